The molecule has 2 N–H and O–H groups in total. The highest BCUT2D eigenvalue weighted by Gasteiger charge is 2.25. The van der Waals surface area contributed by atoms with Crippen molar-refractivity contribution >= 4 is 16.3 Å². The summed E-state index contributed by atoms with van der Waals surface area (Å²) >= 11 is 1.48. The second-order valence-electron chi connectivity index (χ2n) is 6.95. The lowest BCUT2D eigenvalue weighted by Gasteiger charge is -2.29. The lowest BCUT2D eigenvalue weighted by Crippen LogP contribution is -3.27. The molecule has 142 valence electrons. The van der Waals surface area contributed by atoms with E-state index in [4.69, 9.17) is 4.74 Å². The van der Waals surface area contributed by atoms with Crippen LogP contribution in [0.4, 0.5) is 4.39 Å². The van der Waals surface area contributed by atoms with Gasteiger partial charge < -0.3 is 14.5 Å². The van der Waals surface area contributed by atoms with Gasteiger partial charge in [-0.25, -0.2) is 9.37 Å². The summed E-state index contributed by atoms with van der Waals surface area (Å²) in [5, 5.41) is 1.88. The van der Waals surface area contributed by atoms with Crippen LogP contribution in [0.5, 0.6) is 5.75 Å². The van der Waals surface area contributed by atoms with Gasteiger partial charge >= 0.3 is 0 Å². The number of hydrogen-bond acceptors (Lipinski definition) is 4. The van der Waals surface area contributed by atoms with E-state index >= 15 is 0 Å². The first-order valence-corrected chi connectivity index (χ1v) is 9.95. The van der Waals surface area contributed by atoms with E-state index in [2.05, 4.69) is 4.98 Å². The van der Waals surface area contributed by atoms with Gasteiger partial charge in [0.2, 0.25) is 0 Å². The van der Waals surface area contributed by atoms with Gasteiger partial charge in [-0.1, -0.05) is 0 Å². The van der Waals surface area contributed by atoms with Gasteiger partial charge in [-0.15, -0.1) is 11.3 Å². The normalized spacial score (nSPS) is 20.1. The van der Waals surface area contributed by atoms with Crippen molar-refractivity contribution in [1.29, 1.82) is 0 Å². The summed E-state index contributed by atoms with van der Waals surface area (Å²) in [6.07, 6.45) is 1.76. The molecule has 1 aliphatic rings. The number of nitrogens with zero attached hydrogens (tertiary/aromatic N) is 2. The third-order valence-corrected chi connectivity index (χ3v) is 5.89. The van der Waals surface area contributed by atoms with Crippen molar-refractivity contribution in [3.63, 3.8) is 0 Å². The number of aromatic nitrogens is 2. The Morgan fingerprint density at radius 2 is 1.93 bits per heavy atom. The molecule has 2 aromatic heterocycles. The molecule has 0 unspecified atom stereocenters. The van der Waals surface area contributed by atoms with Crippen LogP contribution in [-0.4, -0.2) is 42.7 Å². The maximum atomic E-state index is 13.6. The zero-order valence-corrected chi connectivity index (χ0v) is 16.0. The number of benzene rings is 1. The molecule has 4 rings (SSSR count). The molecule has 0 spiro atoms. The summed E-state index contributed by atoms with van der Waals surface area (Å²) in [7, 11) is 1.62. The fourth-order valence-electron chi connectivity index (χ4n) is 3.70. The molecule has 0 bridgehead atoms. The molecule has 1 aromatic carbocycles. The Morgan fingerprint density at radius 1 is 1.19 bits per heavy atom. The molecule has 1 saturated heterocycles. The molecule has 8 heteroatoms. The van der Waals surface area contributed by atoms with Gasteiger partial charge in [0.1, 0.15) is 56.5 Å². The van der Waals surface area contributed by atoms with Gasteiger partial charge in [0.05, 0.1) is 12.7 Å². The quantitative estimate of drug-likeness (QED) is 0.611. The van der Waals surface area contributed by atoms with Crippen LogP contribution < -0.4 is 20.1 Å². The van der Waals surface area contributed by atoms with E-state index in [0.717, 1.165) is 61.2 Å². The van der Waals surface area contributed by atoms with E-state index in [9.17, 15) is 9.18 Å². The van der Waals surface area contributed by atoms with Crippen molar-refractivity contribution in [1.82, 2.24) is 9.38 Å². The van der Waals surface area contributed by atoms with Crippen LogP contribution in [0, 0.1) is 5.82 Å². The van der Waals surface area contributed by atoms with Crippen LogP contribution in [-0.2, 0) is 13.1 Å². The third-order valence-electron chi connectivity index (χ3n) is 5.13. The molecule has 0 atom stereocenters. The summed E-state index contributed by atoms with van der Waals surface area (Å²) < 4.78 is 20.5. The van der Waals surface area contributed by atoms with E-state index < -0.39 is 0 Å². The first-order chi connectivity index (χ1) is 13.1. The first kappa shape index (κ1) is 18.1. The highest BCUT2D eigenvalue weighted by Crippen LogP contribution is 2.18. The van der Waals surface area contributed by atoms with Gasteiger partial charge in [-0.3, -0.25) is 9.20 Å². The molecule has 1 aliphatic heterocycles. The smallest absolute Gasteiger partial charge is 0.258 e. The molecular weight excluding hydrogens is 367 g/mol. The largest absolute Gasteiger partial charge is 0.496 e. The van der Waals surface area contributed by atoms with Crippen molar-refractivity contribution < 1.29 is 18.9 Å². The molecule has 3 aromatic rings. The Balaban J connectivity index is 1.37. The molecule has 0 saturated carbocycles. The van der Waals surface area contributed by atoms with Crippen LogP contribution in [0.1, 0.15) is 11.3 Å². The lowest BCUT2D eigenvalue weighted by atomic mass is 10.1. The number of nitrogens with one attached hydrogen (secondary N) is 2. The fourth-order valence-corrected chi connectivity index (χ4v) is 4.44. The van der Waals surface area contributed by atoms with Crippen molar-refractivity contribution in [3.8, 4) is 5.75 Å². The topological polar surface area (TPSA) is 52.5 Å². The van der Waals surface area contributed by atoms with E-state index in [-0.39, 0.29) is 11.4 Å². The van der Waals surface area contributed by atoms with E-state index in [1.807, 2.05) is 5.38 Å². The minimum absolute atomic E-state index is 0.0156. The highest BCUT2D eigenvalue weighted by molar-refractivity contribution is 7.15. The SMILES string of the molecule is COc1ccc(F)cc1C[NH+]1CC[NH+](Cc2cc(=O)n3ccsc3n2)CC1. The Bertz CT molecular complexity index is 995. The van der Waals surface area contributed by atoms with Crippen LogP contribution in [0.2, 0.25) is 0 Å². The molecule has 0 amide bonds. The number of quaternary nitrogens is 2. The van der Waals surface area contributed by atoms with Gasteiger partial charge in [-0.2, -0.15) is 0 Å². The van der Waals surface area contributed by atoms with Crippen molar-refractivity contribution in [3.05, 3.63) is 63.3 Å². The molecule has 3 heterocycles. The number of rotatable bonds is 5. The average molecular weight is 390 g/mol. The van der Waals surface area contributed by atoms with E-state index in [0.29, 0.717) is 0 Å². The van der Waals surface area contributed by atoms with Crippen LogP contribution in [0.25, 0.3) is 4.96 Å². The summed E-state index contributed by atoms with van der Waals surface area (Å²) in [6.45, 7) is 5.51. The predicted octanol–water partition coefficient (Wildman–Crippen LogP) is -0.613. The monoisotopic (exact) mass is 390 g/mol. The lowest BCUT2D eigenvalue weighted by molar-refractivity contribution is -1.02. The van der Waals surface area contributed by atoms with Gasteiger partial charge in [-0.05, 0) is 18.2 Å². The fraction of sp³-hybridized carbons (Fsp3) is 0.368. The number of thiazole rings is 1. The number of fused-ring (bicyclic) bond motifs is 1. The van der Waals surface area contributed by atoms with E-state index in [1.54, 1.807) is 35.9 Å². The zero-order valence-electron chi connectivity index (χ0n) is 15.2. The van der Waals surface area contributed by atoms with E-state index in [1.165, 1.54) is 27.2 Å². The van der Waals surface area contributed by atoms with Crippen LogP contribution in [0.15, 0.2) is 40.6 Å². The summed E-state index contributed by atoms with van der Waals surface area (Å²) in [5.74, 6) is 0.517. The summed E-state index contributed by atoms with van der Waals surface area (Å²) in [4.78, 5) is 20.3. The molecule has 6 nitrogen and oxygen atoms in total. The number of halogens is 1. The van der Waals surface area contributed by atoms with Crippen molar-refractivity contribution in [2.75, 3.05) is 33.3 Å². The zero-order chi connectivity index (χ0) is 18.8. The van der Waals surface area contributed by atoms with Crippen molar-refractivity contribution in [2.45, 2.75) is 13.1 Å². The molecule has 0 aliphatic carbocycles. The van der Waals surface area contributed by atoms with Gasteiger partial charge in [0.15, 0.2) is 4.96 Å². The standard InChI is InChI=1S/C19H21FN4O2S/c1-26-17-3-2-15(20)10-14(17)12-22-4-6-23(7-5-22)13-16-11-18(25)24-8-9-27-19(24)21-16/h2-3,8-11H,4-7,12-13H2,1H3/p+2. The maximum absolute atomic E-state index is 13.6. The molecular formula is C19H23FN4O2S+2. The van der Waals surface area contributed by atoms with Gasteiger partial charge in [0, 0.05) is 17.6 Å². The minimum Gasteiger partial charge on any atom is -0.496 e. The molecule has 0 radical (unpaired) electrons. The minimum atomic E-state index is -0.226. The second-order valence-corrected chi connectivity index (χ2v) is 7.82. The first-order valence-electron chi connectivity index (χ1n) is 9.08. The Morgan fingerprint density at radius 3 is 2.67 bits per heavy atom. The number of methoxy groups -OCH3 is 1. The predicted molar refractivity (Wildman–Crippen MR) is 101 cm³/mol. The molecule has 27 heavy (non-hydrogen) atoms. The highest BCUT2D eigenvalue weighted by atomic mass is 32.1. The average Bonchev–Trinajstić information content (AvgIpc) is 3.13. The Kier molecular flexibility index (Phi) is 5.20. The maximum Gasteiger partial charge on any atom is 0.258 e. The van der Waals surface area contributed by atoms with Crippen molar-refractivity contribution in [2.24, 2.45) is 0 Å². The number of hydrogen-bond donors (Lipinski definition) is 2. The second kappa shape index (κ2) is 7.75. The number of ether oxygens (including phenoxy) is 1. The molecule has 1 fully saturated rings. The third kappa shape index (κ3) is 4.02. The van der Waals surface area contributed by atoms with Crippen LogP contribution in [0.3, 0.4) is 0 Å². The van der Waals surface area contributed by atoms with Gasteiger partial charge in [0.25, 0.3) is 5.56 Å². The Labute approximate surface area is 160 Å². The Hall–Kier alpha value is -2.29. The number of piperazine rings is 1. The summed E-state index contributed by atoms with van der Waals surface area (Å²) in [5.41, 5.74) is 1.75. The van der Waals surface area contributed by atoms with Crippen LogP contribution >= 0.6 is 11.3 Å². The summed E-state index contributed by atoms with van der Waals surface area (Å²) in [6, 6.07) is 6.33.